The van der Waals surface area contributed by atoms with Crippen LogP contribution in [0.1, 0.15) is 32.6 Å². The zero-order valence-corrected chi connectivity index (χ0v) is 14.1. The molecule has 1 aromatic heterocycles. The molecule has 2 aromatic rings. The van der Waals surface area contributed by atoms with Crippen molar-refractivity contribution in [3.8, 4) is 0 Å². The van der Waals surface area contributed by atoms with Crippen molar-refractivity contribution in [1.82, 2.24) is 5.32 Å². The third-order valence-electron chi connectivity index (χ3n) is 2.99. The normalized spacial score (nSPS) is 14.1. The minimum absolute atomic E-state index is 0.104. The molecule has 0 saturated carbocycles. The average Bonchev–Trinajstić information content (AvgIpc) is 2.59. The second-order valence-electron chi connectivity index (χ2n) is 5.54. The van der Waals surface area contributed by atoms with Gasteiger partial charge in [0.05, 0.1) is 10.5 Å². The summed E-state index contributed by atoms with van der Waals surface area (Å²) in [6.07, 6.45) is 0. The van der Waals surface area contributed by atoms with Gasteiger partial charge in [-0.05, 0) is 46.6 Å². The quantitative estimate of drug-likeness (QED) is 0.774. The van der Waals surface area contributed by atoms with Crippen LogP contribution in [0.25, 0.3) is 11.0 Å². The van der Waals surface area contributed by atoms with Gasteiger partial charge in [0.15, 0.2) is 0 Å². The van der Waals surface area contributed by atoms with Gasteiger partial charge in [-0.1, -0.05) is 36.7 Å². The van der Waals surface area contributed by atoms with Crippen molar-refractivity contribution in [2.45, 2.75) is 26.8 Å². The molecule has 0 fully saturated rings. The largest absolute Gasteiger partial charge is 0.458 e. The number of rotatable bonds is 2. The first kappa shape index (κ1) is 14.1. The first-order chi connectivity index (χ1) is 8.32. The fourth-order valence-electron chi connectivity index (χ4n) is 2.24. The molecule has 1 atom stereocenters. The van der Waals surface area contributed by atoms with Crippen LogP contribution in [0.15, 0.2) is 31.6 Å². The minimum Gasteiger partial charge on any atom is -0.458 e. The summed E-state index contributed by atoms with van der Waals surface area (Å²) in [7, 11) is 1.97. The van der Waals surface area contributed by atoms with Crippen LogP contribution < -0.4 is 5.32 Å². The molecular weight excluding hydrogens is 358 g/mol. The van der Waals surface area contributed by atoms with Gasteiger partial charge in [0.1, 0.15) is 11.3 Å². The zero-order valence-electron chi connectivity index (χ0n) is 11.0. The number of benzene rings is 1. The first-order valence-electron chi connectivity index (χ1n) is 5.88. The van der Waals surface area contributed by atoms with E-state index in [1.54, 1.807) is 0 Å². The summed E-state index contributed by atoms with van der Waals surface area (Å²) in [5.41, 5.74) is 1.00. The van der Waals surface area contributed by atoms with E-state index in [0.29, 0.717) is 0 Å². The number of nitrogens with one attached hydrogen (secondary N) is 1. The van der Waals surface area contributed by atoms with E-state index in [2.05, 4.69) is 70.1 Å². The number of hydrogen-bond acceptors (Lipinski definition) is 2. The van der Waals surface area contributed by atoms with Gasteiger partial charge in [-0.25, -0.2) is 0 Å². The molecule has 18 heavy (non-hydrogen) atoms. The topological polar surface area (TPSA) is 25.2 Å². The van der Waals surface area contributed by atoms with E-state index in [4.69, 9.17) is 4.42 Å². The van der Waals surface area contributed by atoms with Gasteiger partial charge < -0.3 is 9.73 Å². The molecular formula is C14H17Br2NO. The van der Waals surface area contributed by atoms with Gasteiger partial charge in [0, 0.05) is 9.86 Å². The molecule has 0 spiro atoms. The lowest BCUT2D eigenvalue weighted by atomic mass is 9.85. The van der Waals surface area contributed by atoms with Crippen LogP contribution in [0.2, 0.25) is 0 Å². The van der Waals surface area contributed by atoms with E-state index < -0.39 is 0 Å². The molecule has 0 radical (unpaired) electrons. The molecule has 2 rings (SSSR count). The first-order valence-corrected chi connectivity index (χ1v) is 7.47. The Morgan fingerprint density at radius 1 is 1.17 bits per heavy atom. The molecule has 0 amide bonds. The van der Waals surface area contributed by atoms with Crippen molar-refractivity contribution in [3.05, 3.63) is 32.9 Å². The SMILES string of the molecule is CNC(c1cc2cc(Br)cc(Br)c2o1)C(C)(C)C. The van der Waals surface area contributed by atoms with Crippen LogP contribution in [-0.2, 0) is 0 Å². The van der Waals surface area contributed by atoms with Gasteiger partial charge in [0.25, 0.3) is 0 Å². The molecule has 2 nitrogen and oxygen atoms in total. The van der Waals surface area contributed by atoms with Crippen LogP contribution in [0.3, 0.4) is 0 Å². The standard InChI is InChI=1S/C14H17Br2NO/c1-14(2,3)13(17-4)11-6-8-5-9(15)7-10(16)12(8)18-11/h5-7,13,17H,1-4H3. The summed E-state index contributed by atoms with van der Waals surface area (Å²) in [5.74, 6) is 0.971. The number of halogens is 2. The Morgan fingerprint density at radius 2 is 1.83 bits per heavy atom. The van der Waals surface area contributed by atoms with Crippen molar-refractivity contribution in [2.75, 3.05) is 7.05 Å². The van der Waals surface area contributed by atoms with Crippen molar-refractivity contribution >= 4 is 42.8 Å². The molecule has 1 N–H and O–H groups in total. The Bertz CT molecular complexity index is 569. The fourth-order valence-corrected chi connectivity index (χ4v) is 3.58. The van der Waals surface area contributed by atoms with Gasteiger partial charge in [0.2, 0.25) is 0 Å². The molecule has 0 saturated heterocycles. The molecule has 98 valence electrons. The van der Waals surface area contributed by atoms with E-state index in [-0.39, 0.29) is 11.5 Å². The molecule has 1 aromatic carbocycles. The van der Waals surface area contributed by atoms with E-state index in [0.717, 1.165) is 25.7 Å². The smallest absolute Gasteiger partial charge is 0.148 e. The van der Waals surface area contributed by atoms with Gasteiger partial charge in [-0.2, -0.15) is 0 Å². The van der Waals surface area contributed by atoms with Crippen LogP contribution in [0.4, 0.5) is 0 Å². The summed E-state index contributed by atoms with van der Waals surface area (Å²) < 4.78 is 8.02. The summed E-state index contributed by atoms with van der Waals surface area (Å²) >= 11 is 7.04. The van der Waals surface area contributed by atoms with Gasteiger partial charge >= 0.3 is 0 Å². The Hall–Kier alpha value is -0.320. The Kier molecular flexibility index (Phi) is 3.90. The van der Waals surface area contributed by atoms with Crippen LogP contribution in [-0.4, -0.2) is 7.05 Å². The maximum Gasteiger partial charge on any atom is 0.148 e. The monoisotopic (exact) mass is 373 g/mol. The number of hydrogen-bond donors (Lipinski definition) is 1. The van der Waals surface area contributed by atoms with Crippen LogP contribution >= 0.6 is 31.9 Å². The predicted molar refractivity (Wildman–Crippen MR) is 82.9 cm³/mol. The highest BCUT2D eigenvalue weighted by Crippen LogP contribution is 2.38. The van der Waals surface area contributed by atoms with Crippen molar-refractivity contribution < 1.29 is 4.42 Å². The minimum atomic E-state index is 0.104. The lowest BCUT2D eigenvalue weighted by Gasteiger charge is -2.28. The molecule has 1 heterocycles. The van der Waals surface area contributed by atoms with Gasteiger partial charge in [-0.15, -0.1) is 0 Å². The molecule has 1 unspecified atom stereocenters. The second kappa shape index (κ2) is 4.99. The Morgan fingerprint density at radius 3 is 2.39 bits per heavy atom. The van der Waals surface area contributed by atoms with Gasteiger partial charge in [-0.3, -0.25) is 0 Å². The van der Waals surface area contributed by atoms with E-state index in [1.165, 1.54) is 0 Å². The molecule has 4 heteroatoms. The van der Waals surface area contributed by atoms with E-state index in [9.17, 15) is 0 Å². The highest BCUT2D eigenvalue weighted by Gasteiger charge is 2.28. The highest BCUT2D eigenvalue weighted by atomic mass is 79.9. The maximum atomic E-state index is 6.00. The summed E-state index contributed by atoms with van der Waals surface area (Å²) in [4.78, 5) is 0. The lowest BCUT2D eigenvalue weighted by Crippen LogP contribution is -2.29. The molecule has 0 bridgehead atoms. The highest BCUT2D eigenvalue weighted by molar-refractivity contribution is 9.11. The van der Waals surface area contributed by atoms with Crippen LogP contribution in [0, 0.1) is 5.41 Å². The molecule has 0 aliphatic heterocycles. The summed E-state index contributed by atoms with van der Waals surface area (Å²) in [6, 6.07) is 6.37. The fraction of sp³-hybridized carbons (Fsp3) is 0.429. The molecule has 0 aliphatic rings. The van der Waals surface area contributed by atoms with Crippen molar-refractivity contribution in [1.29, 1.82) is 0 Å². The maximum absolute atomic E-state index is 6.00. The summed E-state index contributed by atoms with van der Waals surface area (Å²) in [5, 5.41) is 4.44. The second-order valence-corrected chi connectivity index (χ2v) is 7.31. The lowest BCUT2D eigenvalue weighted by molar-refractivity contribution is 0.253. The Balaban J connectivity index is 2.56. The van der Waals surface area contributed by atoms with Crippen molar-refractivity contribution in [3.63, 3.8) is 0 Å². The number of furan rings is 1. The average molecular weight is 375 g/mol. The molecule has 0 aliphatic carbocycles. The van der Waals surface area contributed by atoms with E-state index in [1.807, 2.05) is 13.1 Å². The number of fused-ring (bicyclic) bond motifs is 1. The van der Waals surface area contributed by atoms with Crippen LogP contribution in [0.5, 0.6) is 0 Å². The van der Waals surface area contributed by atoms with Crippen molar-refractivity contribution in [2.24, 2.45) is 5.41 Å². The van der Waals surface area contributed by atoms with E-state index >= 15 is 0 Å². The predicted octanol–water partition coefficient (Wildman–Crippen LogP) is 5.26. The Labute approximate surface area is 124 Å². The third-order valence-corrected chi connectivity index (χ3v) is 4.04. The third kappa shape index (κ3) is 2.65. The zero-order chi connectivity index (χ0) is 13.5. The summed E-state index contributed by atoms with van der Waals surface area (Å²) in [6.45, 7) is 6.60.